The average Bonchev–Trinajstić information content (AvgIpc) is 3.37. The summed E-state index contributed by atoms with van der Waals surface area (Å²) in [5.41, 5.74) is 2.46. The number of β-amino-alcohol motifs (C(OH)–C–C–N with tert-alkyl or cyclic N) is 1. The fraction of sp³-hybridized carbons (Fsp3) is 0.519. The summed E-state index contributed by atoms with van der Waals surface area (Å²) in [4.78, 5) is 40.7. The molecule has 3 N–H and O–H groups in total. The minimum absolute atomic E-state index is 0.324. The number of aryl methyl sites for hydroxylation is 1. The van der Waals surface area contributed by atoms with E-state index >= 15 is 4.39 Å². The van der Waals surface area contributed by atoms with Crippen molar-refractivity contribution in [3.63, 3.8) is 0 Å². The smallest absolute Gasteiger partial charge is 0.246 e. The van der Waals surface area contributed by atoms with Crippen LogP contribution in [0.25, 0.3) is 10.4 Å². The number of hydrogen-bond acceptors (Lipinski definition) is 5. The molecule has 196 valence electrons. The van der Waals surface area contributed by atoms with Crippen LogP contribution in [-0.4, -0.2) is 58.6 Å². The van der Waals surface area contributed by atoms with Crippen molar-refractivity contribution in [1.82, 2.24) is 15.5 Å². The van der Waals surface area contributed by atoms with Crippen LogP contribution in [0.3, 0.4) is 0 Å². The number of hydrogen-bond donors (Lipinski definition) is 3. The van der Waals surface area contributed by atoms with Gasteiger partial charge in [0, 0.05) is 11.8 Å². The van der Waals surface area contributed by atoms with Crippen molar-refractivity contribution >= 4 is 29.1 Å². The van der Waals surface area contributed by atoms with Gasteiger partial charge in [-0.2, -0.15) is 0 Å². The number of alkyl halides is 1. The standard InChI is InChI=1S/C27H36FN3O4S/c1-7-19(17-8-10-18(11-9-17)23-15(2)12-13-36-23)30-25(34)22-21(28)20(33)14-31(22)26(35)24(27(4,5)6)29-16(3)32/h8-13,19-22,24,33H,7,14H2,1-6H3,(H,29,32)(H,30,34)/t19-,20-,21-,22-,24+/m0/s1. The molecule has 0 unspecified atom stereocenters. The van der Waals surface area contributed by atoms with Crippen LogP contribution in [-0.2, 0) is 14.4 Å². The van der Waals surface area contributed by atoms with Crippen LogP contribution in [0.1, 0.15) is 58.2 Å². The molecule has 1 aliphatic rings. The Morgan fingerprint density at radius 3 is 2.31 bits per heavy atom. The number of rotatable bonds is 7. The van der Waals surface area contributed by atoms with E-state index in [4.69, 9.17) is 0 Å². The van der Waals surface area contributed by atoms with Crippen molar-refractivity contribution in [3.8, 4) is 10.4 Å². The highest BCUT2D eigenvalue weighted by Crippen LogP contribution is 2.31. The van der Waals surface area contributed by atoms with Gasteiger partial charge in [0.1, 0.15) is 18.2 Å². The van der Waals surface area contributed by atoms with Gasteiger partial charge in [-0.1, -0.05) is 52.0 Å². The molecule has 1 aliphatic heterocycles. The average molecular weight is 518 g/mol. The number of benzene rings is 1. The number of thiophene rings is 1. The molecule has 1 aromatic carbocycles. The van der Waals surface area contributed by atoms with Crippen LogP contribution in [0.15, 0.2) is 35.7 Å². The van der Waals surface area contributed by atoms with Gasteiger partial charge in [0.2, 0.25) is 17.7 Å². The number of nitrogens with zero attached hydrogens (tertiary/aromatic N) is 1. The molecule has 1 saturated heterocycles. The van der Waals surface area contributed by atoms with E-state index in [1.165, 1.54) is 17.4 Å². The van der Waals surface area contributed by atoms with Gasteiger partial charge < -0.3 is 20.6 Å². The van der Waals surface area contributed by atoms with Crippen molar-refractivity contribution in [2.24, 2.45) is 5.41 Å². The zero-order valence-electron chi connectivity index (χ0n) is 21.7. The lowest BCUT2D eigenvalue weighted by atomic mass is 9.85. The van der Waals surface area contributed by atoms with Crippen LogP contribution >= 0.6 is 11.3 Å². The van der Waals surface area contributed by atoms with E-state index in [1.54, 1.807) is 32.1 Å². The molecule has 0 saturated carbocycles. The molecule has 0 bridgehead atoms. The predicted molar refractivity (Wildman–Crippen MR) is 139 cm³/mol. The maximum Gasteiger partial charge on any atom is 0.246 e. The summed E-state index contributed by atoms with van der Waals surface area (Å²) in [6.07, 6.45) is -2.87. The van der Waals surface area contributed by atoms with Crippen molar-refractivity contribution in [1.29, 1.82) is 0 Å². The highest BCUT2D eigenvalue weighted by Gasteiger charge is 2.50. The SMILES string of the molecule is CC[C@H](NC(=O)[C@@H]1[C@@H](F)[C@@H](O)CN1C(=O)[C@@H](NC(C)=O)C(C)(C)C)c1ccc(-c2sccc2C)cc1. The molecule has 3 rings (SSSR count). The number of aliphatic hydroxyl groups excluding tert-OH is 1. The molecule has 5 atom stereocenters. The largest absolute Gasteiger partial charge is 0.388 e. The van der Waals surface area contributed by atoms with Gasteiger partial charge in [-0.25, -0.2) is 4.39 Å². The van der Waals surface area contributed by atoms with Crippen LogP contribution in [0.2, 0.25) is 0 Å². The molecule has 1 aromatic heterocycles. The molecule has 1 fully saturated rings. The summed E-state index contributed by atoms with van der Waals surface area (Å²) in [7, 11) is 0. The zero-order chi connectivity index (χ0) is 26.8. The molecular formula is C27H36FN3O4S. The predicted octanol–water partition coefficient (Wildman–Crippen LogP) is 3.75. The summed E-state index contributed by atoms with van der Waals surface area (Å²) < 4.78 is 15.1. The van der Waals surface area contributed by atoms with E-state index in [0.717, 1.165) is 16.0 Å². The second-order valence-corrected chi connectivity index (χ2v) is 11.4. The summed E-state index contributed by atoms with van der Waals surface area (Å²) in [6, 6.07) is 7.08. The second kappa shape index (κ2) is 11.1. The Bertz CT molecular complexity index is 1100. The Labute approximate surface area is 216 Å². The first kappa shape index (κ1) is 27.8. The molecule has 7 nitrogen and oxygen atoms in total. The lowest BCUT2D eigenvalue weighted by molar-refractivity contribution is -0.144. The van der Waals surface area contributed by atoms with E-state index in [9.17, 15) is 19.5 Å². The third-order valence-electron chi connectivity index (χ3n) is 6.56. The van der Waals surface area contributed by atoms with Gasteiger partial charge in [-0.05, 0) is 46.9 Å². The fourth-order valence-electron chi connectivity index (χ4n) is 4.54. The normalized spacial score (nSPS) is 21.7. The Morgan fingerprint density at radius 1 is 1.17 bits per heavy atom. The van der Waals surface area contributed by atoms with Crippen molar-refractivity contribution in [2.75, 3.05) is 6.54 Å². The molecule has 2 heterocycles. The highest BCUT2D eigenvalue weighted by molar-refractivity contribution is 7.13. The first-order valence-corrected chi connectivity index (χ1v) is 13.1. The summed E-state index contributed by atoms with van der Waals surface area (Å²) >= 11 is 1.66. The lowest BCUT2D eigenvalue weighted by Crippen LogP contribution is -2.58. The third kappa shape index (κ3) is 5.95. The van der Waals surface area contributed by atoms with Crippen LogP contribution in [0, 0.1) is 12.3 Å². The van der Waals surface area contributed by atoms with Crippen LogP contribution in [0.4, 0.5) is 4.39 Å². The molecule has 36 heavy (non-hydrogen) atoms. The van der Waals surface area contributed by atoms with Gasteiger partial charge in [0.25, 0.3) is 0 Å². The number of carbonyl (C=O) groups excluding carboxylic acids is 3. The van der Waals surface area contributed by atoms with E-state index in [-0.39, 0.29) is 6.54 Å². The second-order valence-electron chi connectivity index (χ2n) is 10.5. The van der Waals surface area contributed by atoms with Crippen molar-refractivity contribution in [2.45, 2.75) is 78.4 Å². The topological polar surface area (TPSA) is 98.7 Å². The number of halogens is 1. The molecule has 2 aromatic rings. The maximum absolute atomic E-state index is 15.1. The third-order valence-corrected chi connectivity index (χ3v) is 7.63. The van der Waals surface area contributed by atoms with Crippen LogP contribution in [0.5, 0.6) is 0 Å². The van der Waals surface area contributed by atoms with Gasteiger partial charge in [0.05, 0.1) is 12.6 Å². The van der Waals surface area contributed by atoms with Crippen molar-refractivity contribution in [3.05, 3.63) is 46.8 Å². The van der Waals surface area contributed by atoms with E-state index in [0.29, 0.717) is 6.42 Å². The monoisotopic (exact) mass is 517 g/mol. The number of likely N-dealkylation sites (tertiary alicyclic amines) is 1. The minimum atomic E-state index is -1.94. The molecule has 0 spiro atoms. The Hall–Kier alpha value is -2.78. The number of amides is 3. The van der Waals surface area contributed by atoms with Crippen LogP contribution < -0.4 is 10.6 Å². The van der Waals surface area contributed by atoms with Gasteiger partial charge in [0.15, 0.2) is 6.17 Å². The van der Waals surface area contributed by atoms with Crippen molar-refractivity contribution < 1.29 is 23.9 Å². The Balaban J connectivity index is 1.81. The van der Waals surface area contributed by atoms with E-state index < -0.39 is 53.5 Å². The Kier molecular flexibility index (Phi) is 8.56. The molecular weight excluding hydrogens is 481 g/mol. The van der Waals surface area contributed by atoms with Gasteiger partial charge in [-0.15, -0.1) is 11.3 Å². The fourth-order valence-corrected chi connectivity index (χ4v) is 5.48. The zero-order valence-corrected chi connectivity index (χ0v) is 22.5. The van der Waals surface area contributed by atoms with E-state index in [2.05, 4.69) is 23.6 Å². The molecule has 0 radical (unpaired) electrons. The molecule has 0 aliphatic carbocycles. The van der Waals surface area contributed by atoms with Gasteiger partial charge in [-0.3, -0.25) is 14.4 Å². The summed E-state index contributed by atoms with van der Waals surface area (Å²) in [5.74, 6) is -1.68. The Morgan fingerprint density at radius 2 is 1.81 bits per heavy atom. The number of aliphatic hydroxyl groups is 1. The summed E-state index contributed by atoms with van der Waals surface area (Å²) in [6.45, 7) is 10.3. The lowest BCUT2D eigenvalue weighted by Gasteiger charge is -2.35. The first-order valence-electron chi connectivity index (χ1n) is 12.2. The summed E-state index contributed by atoms with van der Waals surface area (Å²) in [5, 5.41) is 17.8. The first-order chi connectivity index (χ1) is 16.8. The number of carbonyl (C=O) groups is 3. The van der Waals surface area contributed by atoms with Gasteiger partial charge >= 0.3 is 0 Å². The maximum atomic E-state index is 15.1. The minimum Gasteiger partial charge on any atom is -0.388 e. The van der Waals surface area contributed by atoms with E-state index in [1.807, 2.05) is 36.6 Å². The number of nitrogens with one attached hydrogen (secondary N) is 2. The molecule has 3 amide bonds. The highest BCUT2D eigenvalue weighted by atomic mass is 32.1. The quantitative estimate of drug-likeness (QED) is 0.521. The molecule has 9 heteroatoms.